The standard InChI is InChI=1S/C6H9F5N2O/c1-12-2-3-13-4(14)5(7,8)6(9,10)11/h12H,2-3H2,1H3,(H,13,14). The summed E-state index contributed by atoms with van der Waals surface area (Å²) in [5, 5.41) is 3.93. The number of carbonyl (C=O) groups is 1. The highest BCUT2D eigenvalue weighted by Gasteiger charge is 2.63. The van der Waals surface area contributed by atoms with Crippen LogP contribution in [0.25, 0.3) is 0 Å². The van der Waals surface area contributed by atoms with Gasteiger partial charge < -0.3 is 10.6 Å². The summed E-state index contributed by atoms with van der Waals surface area (Å²) >= 11 is 0. The molecule has 0 aromatic carbocycles. The first-order chi connectivity index (χ1) is 6.23. The van der Waals surface area contributed by atoms with Crippen LogP contribution in [0.3, 0.4) is 0 Å². The molecule has 3 nitrogen and oxygen atoms in total. The number of likely N-dealkylation sites (N-methyl/N-ethyl adjacent to an activating group) is 1. The zero-order valence-electron chi connectivity index (χ0n) is 7.21. The van der Waals surface area contributed by atoms with Crippen LogP contribution in [0.1, 0.15) is 0 Å². The minimum Gasteiger partial charge on any atom is -0.349 e. The van der Waals surface area contributed by atoms with Gasteiger partial charge in [0.05, 0.1) is 0 Å². The Morgan fingerprint density at radius 3 is 2.00 bits per heavy atom. The van der Waals surface area contributed by atoms with E-state index in [1.165, 1.54) is 12.4 Å². The van der Waals surface area contributed by atoms with Crippen LogP contribution in [-0.2, 0) is 4.79 Å². The highest BCUT2D eigenvalue weighted by Crippen LogP contribution is 2.35. The van der Waals surface area contributed by atoms with E-state index in [1.54, 1.807) is 0 Å². The lowest BCUT2D eigenvalue weighted by molar-refractivity contribution is -0.269. The van der Waals surface area contributed by atoms with Crippen molar-refractivity contribution < 1.29 is 26.7 Å². The minimum atomic E-state index is -5.85. The van der Waals surface area contributed by atoms with Crippen LogP contribution < -0.4 is 10.6 Å². The molecule has 1 amide bonds. The second kappa shape index (κ2) is 4.54. The van der Waals surface area contributed by atoms with Gasteiger partial charge in [-0.05, 0) is 7.05 Å². The van der Waals surface area contributed by atoms with E-state index in [2.05, 4.69) is 5.32 Å². The van der Waals surface area contributed by atoms with E-state index in [4.69, 9.17) is 0 Å². The average molecular weight is 220 g/mol. The summed E-state index contributed by atoms with van der Waals surface area (Å²) in [7, 11) is 1.47. The van der Waals surface area contributed by atoms with Gasteiger partial charge in [-0.15, -0.1) is 0 Å². The van der Waals surface area contributed by atoms with Crippen molar-refractivity contribution in [3.63, 3.8) is 0 Å². The van der Waals surface area contributed by atoms with Gasteiger partial charge in [-0.1, -0.05) is 0 Å². The van der Waals surface area contributed by atoms with Crippen LogP contribution in [0.4, 0.5) is 22.0 Å². The monoisotopic (exact) mass is 220 g/mol. The van der Waals surface area contributed by atoms with Crippen LogP contribution in [-0.4, -0.2) is 38.1 Å². The Labute approximate surface area is 76.7 Å². The smallest absolute Gasteiger partial charge is 0.349 e. The molecule has 84 valence electrons. The molecule has 0 aromatic rings. The Morgan fingerprint density at radius 1 is 1.14 bits per heavy atom. The van der Waals surface area contributed by atoms with E-state index < -0.39 is 18.0 Å². The quantitative estimate of drug-likeness (QED) is 0.535. The molecule has 0 saturated heterocycles. The fourth-order valence-electron chi connectivity index (χ4n) is 0.541. The van der Waals surface area contributed by atoms with E-state index >= 15 is 0 Å². The summed E-state index contributed by atoms with van der Waals surface area (Å²) in [5.41, 5.74) is 0. The van der Waals surface area contributed by atoms with E-state index in [9.17, 15) is 26.7 Å². The van der Waals surface area contributed by atoms with E-state index in [-0.39, 0.29) is 13.1 Å². The lowest BCUT2D eigenvalue weighted by Gasteiger charge is -2.18. The van der Waals surface area contributed by atoms with Crippen LogP contribution in [0.15, 0.2) is 0 Å². The van der Waals surface area contributed by atoms with Gasteiger partial charge in [0, 0.05) is 13.1 Å². The van der Waals surface area contributed by atoms with Crippen molar-refractivity contribution in [3.05, 3.63) is 0 Å². The molecule has 0 bridgehead atoms. The maximum atomic E-state index is 12.2. The number of rotatable bonds is 4. The summed E-state index contributed by atoms with van der Waals surface area (Å²) in [5.74, 6) is -7.67. The lowest BCUT2D eigenvalue weighted by Crippen LogP contribution is -2.51. The maximum Gasteiger partial charge on any atom is 0.463 e. The van der Waals surface area contributed by atoms with E-state index in [0.29, 0.717) is 0 Å². The molecular formula is C6H9F5N2O. The Hall–Kier alpha value is -0.920. The summed E-state index contributed by atoms with van der Waals surface area (Å²) < 4.78 is 59.1. The largest absolute Gasteiger partial charge is 0.463 e. The number of amides is 1. The van der Waals surface area contributed by atoms with Crippen molar-refractivity contribution in [2.24, 2.45) is 0 Å². The van der Waals surface area contributed by atoms with Gasteiger partial charge in [0.2, 0.25) is 0 Å². The predicted octanol–water partition coefficient (Wildman–Crippen LogP) is 0.520. The zero-order valence-corrected chi connectivity index (χ0v) is 7.21. The second-order valence-corrected chi connectivity index (χ2v) is 2.43. The highest BCUT2D eigenvalue weighted by molar-refractivity contribution is 5.84. The number of hydrogen-bond acceptors (Lipinski definition) is 2. The number of hydrogen-bond donors (Lipinski definition) is 2. The third-order valence-electron chi connectivity index (χ3n) is 1.30. The third kappa shape index (κ3) is 3.09. The molecule has 2 N–H and O–H groups in total. The van der Waals surface area contributed by atoms with Gasteiger partial charge in [-0.3, -0.25) is 4.79 Å². The zero-order chi connectivity index (χ0) is 11.4. The lowest BCUT2D eigenvalue weighted by atomic mass is 10.3. The minimum absolute atomic E-state index is 0.111. The fourth-order valence-corrected chi connectivity index (χ4v) is 0.541. The van der Waals surface area contributed by atoms with E-state index in [1.807, 2.05) is 0 Å². The number of halogens is 5. The summed E-state index contributed by atoms with van der Waals surface area (Å²) in [4.78, 5) is 10.4. The Balaban J connectivity index is 4.23. The molecule has 14 heavy (non-hydrogen) atoms. The van der Waals surface area contributed by atoms with Crippen LogP contribution in [0.2, 0.25) is 0 Å². The van der Waals surface area contributed by atoms with Crippen molar-refractivity contribution in [1.82, 2.24) is 10.6 Å². The Kier molecular flexibility index (Phi) is 4.24. The topological polar surface area (TPSA) is 41.1 Å². The fraction of sp³-hybridized carbons (Fsp3) is 0.833. The first kappa shape index (κ1) is 13.1. The normalized spacial score (nSPS) is 12.7. The highest BCUT2D eigenvalue weighted by atomic mass is 19.4. The van der Waals surface area contributed by atoms with Crippen molar-refractivity contribution in [3.8, 4) is 0 Å². The van der Waals surface area contributed by atoms with Crippen LogP contribution in [0.5, 0.6) is 0 Å². The Bertz CT molecular complexity index is 203. The molecule has 0 atom stereocenters. The van der Waals surface area contributed by atoms with Crippen molar-refractivity contribution >= 4 is 5.91 Å². The van der Waals surface area contributed by atoms with Gasteiger partial charge in [-0.25, -0.2) is 0 Å². The average Bonchev–Trinajstić information content (AvgIpc) is 2.02. The first-order valence-corrected chi connectivity index (χ1v) is 3.61. The van der Waals surface area contributed by atoms with Gasteiger partial charge in [0.15, 0.2) is 0 Å². The van der Waals surface area contributed by atoms with Gasteiger partial charge in [0.25, 0.3) is 5.91 Å². The van der Waals surface area contributed by atoms with Gasteiger partial charge in [0.1, 0.15) is 0 Å². The van der Waals surface area contributed by atoms with Gasteiger partial charge in [-0.2, -0.15) is 22.0 Å². The molecule has 0 rings (SSSR count). The molecule has 0 heterocycles. The number of alkyl halides is 5. The van der Waals surface area contributed by atoms with Crippen molar-refractivity contribution in [2.75, 3.05) is 20.1 Å². The van der Waals surface area contributed by atoms with Crippen LogP contribution in [0, 0.1) is 0 Å². The van der Waals surface area contributed by atoms with E-state index in [0.717, 1.165) is 0 Å². The Morgan fingerprint density at radius 2 is 1.64 bits per heavy atom. The molecule has 0 aliphatic carbocycles. The summed E-state index contributed by atoms with van der Waals surface area (Å²) in [6.07, 6.45) is -5.85. The second-order valence-electron chi connectivity index (χ2n) is 2.43. The van der Waals surface area contributed by atoms with Crippen LogP contribution >= 0.6 is 0 Å². The third-order valence-corrected chi connectivity index (χ3v) is 1.30. The first-order valence-electron chi connectivity index (χ1n) is 3.61. The molecule has 0 saturated carbocycles. The molecule has 0 aromatic heterocycles. The molecule has 0 aliphatic heterocycles. The molecule has 0 spiro atoms. The summed E-state index contributed by atoms with van der Waals surface area (Å²) in [6, 6.07) is 0. The SMILES string of the molecule is CNCCNC(=O)C(F)(F)C(F)(F)F. The van der Waals surface area contributed by atoms with Crippen molar-refractivity contribution in [1.29, 1.82) is 0 Å². The predicted molar refractivity (Wildman–Crippen MR) is 37.9 cm³/mol. The van der Waals surface area contributed by atoms with Gasteiger partial charge >= 0.3 is 12.1 Å². The molecule has 0 fully saturated rings. The molecule has 0 aliphatic rings. The molecular weight excluding hydrogens is 211 g/mol. The van der Waals surface area contributed by atoms with Crippen molar-refractivity contribution in [2.45, 2.75) is 12.1 Å². The molecule has 8 heteroatoms. The molecule has 0 radical (unpaired) electrons. The maximum absolute atomic E-state index is 12.2. The number of carbonyl (C=O) groups excluding carboxylic acids is 1. The number of nitrogens with one attached hydrogen (secondary N) is 2. The molecule has 0 unspecified atom stereocenters. The summed E-state index contributed by atoms with van der Waals surface area (Å²) in [6.45, 7) is -0.180.